The largest absolute Gasteiger partial charge is 0.361 e. The summed E-state index contributed by atoms with van der Waals surface area (Å²) in [5, 5.41) is 0.380. The molecular formula is C12H15OS+. The first-order valence-corrected chi connectivity index (χ1v) is 6.71. The van der Waals surface area contributed by atoms with Gasteiger partial charge >= 0.3 is 5.12 Å². The zero-order valence-electron chi connectivity index (χ0n) is 8.24. The lowest BCUT2D eigenvalue weighted by molar-refractivity contribution is 0.108. The summed E-state index contributed by atoms with van der Waals surface area (Å²) in [5.74, 6) is 2.24. The molecule has 0 atom stereocenters. The molecule has 0 saturated carbocycles. The Morgan fingerprint density at radius 2 is 1.64 bits per heavy atom. The predicted molar refractivity (Wildman–Crippen MR) is 61.7 cm³/mol. The first-order chi connectivity index (χ1) is 6.88. The van der Waals surface area contributed by atoms with E-state index in [1.54, 1.807) is 0 Å². The number of carbonyl (C=O) groups excluding carboxylic acids is 1. The van der Waals surface area contributed by atoms with Gasteiger partial charge in [-0.05, 0) is 31.4 Å². The van der Waals surface area contributed by atoms with Gasteiger partial charge in [-0.2, -0.15) is 0 Å². The molecule has 14 heavy (non-hydrogen) atoms. The van der Waals surface area contributed by atoms with Gasteiger partial charge in [-0.3, -0.25) is 0 Å². The highest BCUT2D eigenvalue weighted by molar-refractivity contribution is 8.11. The zero-order chi connectivity index (χ0) is 9.80. The van der Waals surface area contributed by atoms with Crippen LogP contribution in [0.3, 0.4) is 0 Å². The molecule has 1 aromatic rings. The Morgan fingerprint density at radius 3 is 2.29 bits per heavy atom. The Morgan fingerprint density at radius 1 is 1.00 bits per heavy atom. The van der Waals surface area contributed by atoms with Crippen LogP contribution < -0.4 is 0 Å². The number of benzene rings is 1. The minimum absolute atomic E-state index is 0.0207. The molecule has 1 nitrogen and oxygen atoms in total. The summed E-state index contributed by atoms with van der Waals surface area (Å²) in [4.78, 5) is 12.0. The van der Waals surface area contributed by atoms with Gasteiger partial charge in [0.25, 0.3) is 0 Å². The molecule has 0 aromatic heterocycles. The lowest BCUT2D eigenvalue weighted by atomic mass is 10.2. The first kappa shape index (κ1) is 9.78. The summed E-state index contributed by atoms with van der Waals surface area (Å²) < 4.78 is 0. The van der Waals surface area contributed by atoms with Crippen molar-refractivity contribution in [3.05, 3.63) is 35.9 Å². The summed E-state index contributed by atoms with van der Waals surface area (Å²) in [6, 6.07) is 9.72. The molecule has 74 valence electrons. The third-order valence-electron chi connectivity index (χ3n) is 2.55. The molecule has 0 amide bonds. The van der Waals surface area contributed by atoms with Crippen molar-refractivity contribution in [1.82, 2.24) is 0 Å². The fraction of sp³-hybridized carbons (Fsp3) is 0.417. The molecule has 1 heterocycles. The van der Waals surface area contributed by atoms with E-state index in [2.05, 4.69) is 0 Å². The standard InChI is InChI=1S/C12H15OS/c13-12(11-7-3-1-4-8-11)14-9-5-2-6-10-14/h1,3-4,7-8H,2,5-6,9-10H2/q+1. The summed E-state index contributed by atoms with van der Waals surface area (Å²) in [6.07, 6.45) is 3.79. The van der Waals surface area contributed by atoms with Crippen LogP contribution in [0.25, 0.3) is 0 Å². The van der Waals surface area contributed by atoms with Crippen molar-refractivity contribution in [1.29, 1.82) is 0 Å². The molecule has 0 unspecified atom stereocenters. The number of hydrogen-bond donors (Lipinski definition) is 0. The van der Waals surface area contributed by atoms with E-state index in [9.17, 15) is 4.79 Å². The van der Waals surface area contributed by atoms with Gasteiger partial charge in [0.15, 0.2) is 0 Å². The monoisotopic (exact) mass is 207 g/mol. The second kappa shape index (κ2) is 4.65. The van der Waals surface area contributed by atoms with Gasteiger partial charge in [0.2, 0.25) is 0 Å². The lowest BCUT2D eigenvalue weighted by Crippen LogP contribution is -2.25. The van der Waals surface area contributed by atoms with Crippen molar-refractivity contribution in [2.24, 2.45) is 0 Å². The molecule has 1 aromatic carbocycles. The van der Waals surface area contributed by atoms with Crippen molar-refractivity contribution >= 4 is 16.0 Å². The number of hydrogen-bond acceptors (Lipinski definition) is 1. The van der Waals surface area contributed by atoms with Crippen LogP contribution in [0.15, 0.2) is 30.3 Å². The van der Waals surface area contributed by atoms with E-state index < -0.39 is 0 Å². The van der Waals surface area contributed by atoms with Gasteiger partial charge in [-0.25, -0.2) is 4.79 Å². The van der Waals surface area contributed by atoms with Crippen molar-refractivity contribution in [3.8, 4) is 0 Å². The quantitative estimate of drug-likeness (QED) is 0.647. The average molecular weight is 207 g/mol. The molecule has 1 aliphatic rings. The van der Waals surface area contributed by atoms with Gasteiger partial charge in [-0.1, -0.05) is 18.2 Å². The Bertz CT molecular complexity index is 301. The molecule has 0 N–H and O–H groups in total. The van der Waals surface area contributed by atoms with E-state index in [1.165, 1.54) is 19.3 Å². The van der Waals surface area contributed by atoms with Gasteiger partial charge in [0.1, 0.15) is 11.5 Å². The molecule has 2 rings (SSSR count). The normalized spacial score (nSPS) is 18.0. The lowest BCUT2D eigenvalue weighted by Gasteiger charge is -2.11. The summed E-state index contributed by atoms with van der Waals surface area (Å²) in [7, 11) is 0.0207. The van der Waals surface area contributed by atoms with Crippen LogP contribution >= 0.6 is 0 Å². The van der Waals surface area contributed by atoms with Gasteiger partial charge < -0.3 is 0 Å². The molecule has 1 aliphatic heterocycles. The maximum Gasteiger partial charge on any atom is 0.361 e. The number of rotatable bonds is 1. The summed E-state index contributed by atoms with van der Waals surface area (Å²) in [5.41, 5.74) is 0.901. The second-order valence-electron chi connectivity index (χ2n) is 3.62. The maximum atomic E-state index is 12.0. The number of carbonyl (C=O) groups is 1. The molecule has 1 saturated heterocycles. The van der Waals surface area contributed by atoms with Gasteiger partial charge in [-0.15, -0.1) is 0 Å². The van der Waals surface area contributed by atoms with Crippen LogP contribution in [0.1, 0.15) is 29.6 Å². The zero-order valence-corrected chi connectivity index (χ0v) is 9.06. The van der Waals surface area contributed by atoms with Gasteiger partial charge in [0, 0.05) is 0 Å². The van der Waals surface area contributed by atoms with Crippen LogP contribution in [0, 0.1) is 0 Å². The predicted octanol–water partition coefficient (Wildman–Crippen LogP) is 2.63. The first-order valence-electron chi connectivity index (χ1n) is 5.15. The Hall–Kier alpha value is -0.760. The minimum atomic E-state index is 0.0207. The van der Waals surface area contributed by atoms with Crippen LogP contribution in [-0.4, -0.2) is 16.6 Å². The van der Waals surface area contributed by atoms with E-state index in [1.807, 2.05) is 30.3 Å². The van der Waals surface area contributed by atoms with Crippen molar-refractivity contribution < 1.29 is 4.79 Å². The van der Waals surface area contributed by atoms with Crippen molar-refractivity contribution in [2.45, 2.75) is 19.3 Å². The summed E-state index contributed by atoms with van der Waals surface area (Å²) in [6.45, 7) is 0. The van der Waals surface area contributed by atoms with Crippen LogP contribution in [0.4, 0.5) is 0 Å². The highest BCUT2D eigenvalue weighted by Gasteiger charge is 2.31. The Kier molecular flexibility index (Phi) is 3.25. The molecule has 0 aliphatic carbocycles. The van der Waals surface area contributed by atoms with E-state index in [0.29, 0.717) is 5.12 Å². The fourth-order valence-electron chi connectivity index (χ4n) is 1.76. The van der Waals surface area contributed by atoms with E-state index in [-0.39, 0.29) is 10.9 Å². The SMILES string of the molecule is O=C(c1ccccc1)[S+]1CCCCC1. The Labute approximate surface area is 87.9 Å². The summed E-state index contributed by atoms with van der Waals surface area (Å²) >= 11 is 0. The fourth-order valence-corrected chi connectivity index (χ4v) is 3.91. The maximum absolute atomic E-state index is 12.0. The topological polar surface area (TPSA) is 17.1 Å². The van der Waals surface area contributed by atoms with E-state index in [0.717, 1.165) is 17.1 Å². The van der Waals surface area contributed by atoms with Crippen molar-refractivity contribution in [3.63, 3.8) is 0 Å². The van der Waals surface area contributed by atoms with Crippen LogP contribution in [0.5, 0.6) is 0 Å². The highest BCUT2D eigenvalue weighted by atomic mass is 32.2. The molecule has 0 spiro atoms. The minimum Gasteiger partial charge on any atom is -0.232 e. The van der Waals surface area contributed by atoms with Gasteiger partial charge in [0.05, 0.1) is 16.5 Å². The van der Waals surface area contributed by atoms with E-state index in [4.69, 9.17) is 0 Å². The third-order valence-corrected chi connectivity index (χ3v) is 4.88. The molecule has 0 radical (unpaired) electrons. The average Bonchev–Trinajstić information content (AvgIpc) is 2.30. The van der Waals surface area contributed by atoms with Crippen LogP contribution in [0.2, 0.25) is 0 Å². The Balaban J connectivity index is 2.07. The third kappa shape index (κ3) is 2.18. The molecule has 0 bridgehead atoms. The van der Waals surface area contributed by atoms with Crippen molar-refractivity contribution in [2.75, 3.05) is 11.5 Å². The second-order valence-corrected chi connectivity index (χ2v) is 5.79. The van der Waals surface area contributed by atoms with E-state index >= 15 is 0 Å². The molecule has 1 fully saturated rings. The molecular weight excluding hydrogens is 192 g/mol. The smallest absolute Gasteiger partial charge is 0.232 e. The molecule has 2 heteroatoms. The highest BCUT2D eigenvalue weighted by Crippen LogP contribution is 2.18. The van der Waals surface area contributed by atoms with Crippen LogP contribution in [-0.2, 0) is 10.9 Å².